The highest BCUT2D eigenvalue weighted by atomic mass is 32.2. The highest BCUT2D eigenvalue weighted by Crippen LogP contribution is 2.15. The molecular formula is C13H20FN3O2S. The first kappa shape index (κ1) is 15.4. The number of halogens is 1. The van der Waals surface area contributed by atoms with E-state index in [1.807, 2.05) is 0 Å². The van der Waals surface area contributed by atoms with Gasteiger partial charge in [0.2, 0.25) is 10.0 Å². The summed E-state index contributed by atoms with van der Waals surface area (Å²) in [5, 5.41) is 0. The maximum atomic E-state index is 13.1. The van der Waals surface area contributed by atoms with Crippen LogP contribution in [0.15, 0.2) is 29.2 Å². The van der Waals surface area contributed by atoms with E-state index in [1.54, 1.807) is 0 Å². The molecule has 0 bridgehead atoms. The Morgan fingerprint density at radius 3 is 2.65 bits per heavy atom. The summed E-state index contributed by atoms with van der Waals surface area (Å²) in [6.45, 7) is 3.10. The minimum atomic E-state index is -3.65. The van der Waals surface area contributed by atoms with E-state index in [0.29, 0.717) is 6.54 Å². The van der Waals surface area contributed by atoms with Crippen molar-refractivity contribution in [1.29, 1.82) is 0 Å². The normalized spacial score (nSPS) is 18.3. The molecule has 3 N–H and O–H groups in total. The van der Waals surface area contributed by atoms with Gasteiger partial charge in [-0.05, 0) is 44.1 Å². The van der Waals surface area contributed by atoms with Crippen molar-refractivity contribution in [3.05, 3.63) is 30.1 Å². The number of benzene rings is 1. The van der Waals surface area contributed by atoms with E-state index in [2.05, 4.69) is 9.62 Å². The number of rotatable bonds is 5. The second-order valence-electron chi connectivity index (χ2n) is 4.98. The second-order valence-corrected chi connectivity index (χ2v) is 6.70. The molecule has 1 aliphatic rings. The summed E-state index contributed by atoms with van der Waals surface area (Å²) in [5.41, 5.74) is 5.50. The van der Waals surface area contributed by atoms with Gasteiger partial charge in [0.25, 0.3) is 0 Å². The van der Waals surface area contributed by atoms with Crippen molar-refractivity contribution in [3.8, 4) is 0 Å². The van der Waals surface area contributed by atoms with E-state index in [1.165, 1.54) is 18.2 Å². The van der Waals surface area contributed by atoms with Gasteiger partial charge in [-0.3, -0.25) is 0 Å². The molecule has 0 saturated carbocycles. The molecule has 1 fully saturated rings. The van der Waals surface area contributed by atoms with Gasteiger partial charge in [-0.2, -0.15) is 0 Å². The SMILES string of the molecule is NCCN1CCC(NS(=O)(=O)c2cccc(F)c2)CC1. The molecular weight excluding hydrogens is 281 g/mol. The molecule has 1 aromatic rings. The zero-order valence-electron chi connectivity index (χ0n) is 11.3. The van der Waals surface area contributed by atoms with Crippen molar-refractivity contribution in [2.45, 2.75) is 23.8 Å². The van der Waals surface area contributed by atoms with Crippen molar-refractivity contribution >= 4 is 10.0 Å². The molecule has 0 spiro atoms. The molecule has 0 amide bonds. The van der Waals surface area contributed by atoms with Gasteiger partial charge in [-0.15, -0.1) is 0 Å². The molecule has 0 aliphatic carbocycles. The lowest BCUT2D eigenvalue weighted by Crippen LogP contribution is -2.45. The van der Waals surface area contributed by atoms with Crippen LogP contribution in [0.2, 0.25) is 0 Å². The molecule has 5 nitrogen and oxygen atoms in total. The summed E-state index contributed by atoms with van der Waals surface area (Å²) in [6.07, 6.45) is 1.49. The van der Waals surface area contributed by atoms with Crippen LogP contribution in [0.25, 0.3) is 0 Å². The fourth-order valence-electron chi connectivity index (χ4n) is 2.38. The van der Waals surface area contributed by atoms with Gasteiger partial charge in [0.05, 0.1) is 4.90 Å². The fourth-order valence-corrected chi connectivity index (χ4v) is 3.71. The summed E-state index contributed by atoms with van der Waals surface area (Å²) < 4.78 is 40.0. The van der Waals surface area contributed by atoms with E-state index >= 15 is 0 Å². The topological polar surface area (TPSA) is 75.4 Å². The van der Waals surface area contributed by atoms with Crippen LogP contribution in [-0.2, 0) is 10.0 Å². The Balaban J connectivity index is 1.96. The second kappa shape index (κ2) is 6.62. The van der Waals surface area contributed by atoms with Gasteiger partial charge < -0.3 is 10.6 Å². The van der Waals surface area contributed by atoms with E-state index in [-0.39, 0.29) is 10.9 Å². The highest BCUT2D eigenvalue weighted by Gasteiger charge is 2.24. The predicted octanol–water partition coefficient (Wildman–Crippen LogP) is 0.527. The molecule has 112 valence electrons. The van der Waals surface area contributed by atoms with Gasteiger partial charge >= 0.3 is 0 Å². The average Bonchev–Trinajstić information content (AvgIpc) is 2.41. The van der Waals surface area contributed by atoms with Crippen molar-refractivity contribution in [2.75, 3.05) is 26.2 Å². The number of likely N-dealkylation sites (tertiary alicyclic amines) is 1. The van der Waals surface area contributed by atoms with Gasteiger partial charge in [0, 0.05) is 19.1 Å². The molecule has 0 radical (unpaired) electrons. The minimum absolute atomic E-state index is 0.0260. The van der Waals surface area contributed by atoms with E-state index < -0.39 is 15.8 Å². The van der Waals surface area contributed by atoms with Crippen LogP contribution in [0.3, 0.4) is 0 Å². The number of hydrogen-bond acceptors (Lipinski definition) is 4. The molecule has 1 saturated heterocycles. The Labute approximate surface area is 119 Å². The van der Waals surface area contributed by atoms with Crippen molar-refractivity contribution in [1.82, 2.24) is 9.62 Å². The largest absolute Gasteiger partial charge is 0.329 e. The Bertz CT molecular complexity index is 542. The fraction of sp³-hybridized carbons (Fsp3) is 0.538. The molecule has 0 atom stereocenters. The summed E-state index contributed by atoms with van der Waals surface area (Å²) in [4.78, 5) is 2.19. The number of hydrogen-bond donors (Lipinski definition) is 2. The zero-order valence-corrected chi connectivity index (χ0v) is 12.1. The van der Waals surface area contributed by atoms with E-state index in [4.69, 9.17) is 5.73 Å². The summed E-state index contributed by atoms with van der Waals surface area (Å²) in [6, 6.07) is 4.95. The van der Waals surface area contributed by atoms with Crippen molar-refractivity contribution < 1.29 is 12.8 Å². The lowest BCUT2D eigenvalue weighted by molar-refractivity contribution is 0.212. The number of piperidine rings is 1. The first-order valence-electron chi connectivity index (χ1n) is 6.71. The first-order valence-corrected chi connectivity index (χ1v) is 8.20. The van der Waals surface area contributed by atoms with Crippen LogP contribution in [0.5, 0.6) is 0 Å². The lowest BCUT2D eigenvalue weighted by Gasteiger charge is -2.31. The molecule has 0 aromatic heterocycles. The molecule has 1 aliphatic heterocycles. The summed E-state index contributed by atoms with van der Waals surface area (Å²) >= 11 is 0. The molecule has 1 heterocycles. The Morgan fingerprint density at radius 2 is 2.05 bits per heavy atom. The molecule has 0 unspecified atom stereocenters. The Morgan fingerprint density at radius 1 is 1.35 bits per heavy atom. The van der Waals surface area contributed by atoms with Gasteiger partial charge in [-0.25, -0.2) is 17.5 Å². The lowest BCUT2D eigenvalue weighted by atomic mass is 10.1. The van der Waals surface area contributed by atoms with E-state index in [0.717, 1.165) is 38.5 Å². The van der Waals surface area contributed by atoms with Crippen LogP contribution >= 0.6 is 0 Å². The van der Waals surface area contributed by atoms with Gasteiger partial charge in [0.15, 0.2) is 0 Å². The third kappa shape index (κ3) is 3.99. The van der Waals surface area contributed by atoms with Crippen molar-refractivity contribution in [3.63, 3.8) is 0 Å². The number of sulfonamides is 1. The summed E-state index contributed by atoms with van der Waals surface area (Å²) in [5.74, 6) is -0.550. The Kier molecular flexibility index (Phi) is 5.09. The minimum Gasteiger partial charge on any atom is -0.329 e. The number of nitrogens with two attached hydrogens (primary N) is 1. The van der Waals surface area contributed by atoms with E-state index in [9.17, 15) is 12.8 Å². The number of nitrogens with one attached hydrogen (secondary N) is 1. The predicted molar refractivity (Wildman–Crippen MR) is 75.2 cm³/mol. The maximum absolute atomic E-state index is 13.1. The van der Waals surface area contributed by atoms with Gasteiger partial charge in [-0.1, -0.05) is 6.07 Å². The molecule has 20 heavy (non-hydrogen) atoms. The molecule has 1 aromatic carbocycles. The van der Waals surface area contributed by atoms with Crippen LogP contribution in [0.4, 0.5) is 4.39 Å². The number of nitrogens with zero attached hydrogens (tertiary/aromatic N) is 1. The average molecular weight is 301 g/mol. The standard InChI is InChI=1S/C13H20FN3O2S/c14-11-2-1-3-13(10-11)20(18,19)16-12-4-7-17(8-5-12)9-6-15/h1-3,10,12,16H,4-9,15H2. The quantitative estimate of drug-likeness (QED) is 0.832. The smallest absolute Gasteiger partial charge is 0.240 e. The third-order valence-corrected chi connectivity index (χ3v) is 4.98. The molecule has 7 heteroatoms. The van der Waals surface area contributed by atoms with Crippen LogP contribution in [0.1, 0.15) is 12.8 Å². The highest BCUT2D eigenvalue weighted by molar-refractivity contribution is 7.89. The summed E-state index contributed by atoms with van der Waals surface area (Å²) in [7, 11) is -3.65. The van der Waals surface area contributed by atoms with Crippen molar-refractivity contribution in [2.24, 2.45) is 5.73 Å². The first-order chi connectivity index (χ1) is 9.51. The zero-order chi connectivity index (χ0) is 14.6. The van der Waals surface area contributed by atoms with Crippen LogP contribution < -0.4 is 10.5 Å². The molecule has 2 rings (SSSR count). The third-order valence-electron chi connectivity index (χ3n) is 3.46. The van der Waals surface area contributed by atoms with Crippen LogP contribution in [0, 0.1) is 5.82 Å². The maximum Gasteiger partial charge on any atom is 0.240 e. The monoisotopic (exact) mass is 301 g/mol. The Hall–Kier alpha value is -1.02. The van der Waals surface area contributed by atoms with Gasteiger partial charge in [0.1, 0.15) is 5.82 Å². The van der Waals surface area contributed by atoms with Crippen LogP contribution in [-0.4, -0.2) is 45.5 Å².